The zero-order valence-electron chi connectivity index (χ0n) is 7.91. The first-order valence-electron chi connectivity index (χ1n) is 4.01. The maximum Gasteiger partial charge on any atom is 0.335 e. The van der Waals surface area contributed by atoms with E-state index in [0.717, 1.165) is 0 Å². The van der Waals surface area contributed by atoms with Crippen molar-refractivity contribution in [3.05, 3.63) is 10.4 Å². The largest absolute Gasteiger partial charge is 0.467 e. The van der Waals surface area contributed by atoms with Gasteiger partial charge >= 0.3 is 5.97 Å². The van der Waals surface area contributed by atoms with Crippen molar-refractivity contribution in [3.8, 4) is 0 Å². The fraction of sp³-hybridized carbons (Fsp3) is 0.857. The quantitative estimate of drug-likeness (QED) is 0.283. The number of nitrogens with zero attached hydrogens (tertiary/aromatic N) is 3. The lowest BCUT2D eigenvalue weighted by molar-refractivity contribution is -0.151. The number of carbonyl (C=O) groups is 1. The molecule has 0 aromatic rings. The number of methoxy groups -OCH3 is 2. The smallest absolute Gasteiger partial charge is 0.335 e. The van der Waals surface area contributed by atoms with Crippen LogP contribution in [-0.4, -0.2) is 45.0 Å². The lowest BCUT2D eigenvalue weighted by atomic mass is 10.1. The van der Waals surface area contributed by atoms with E-state index in [1.54, 1.807) is 0 Å². The Kier molecular flexibility index (Phi) is 3.70. The van der Waals surface area contributed by atoms with Crippen LogP contribution >= 0.6 is 0 Å². The van der Waals surface area contributed by atoms with Gasteiger partial charge in [0.05, 0.1) is 19.8 Å². The molecule has 1 heterocycles. The Morgan fingerprint density at radius 1 is 1.64 bits per heavy atom. The van der Waals surface area contributed by atoms with Crippen LogP contribution in [0.15, 0.2) is 5.11 Å². The fourth-order valence-electron chi connectivity index (χ4n) is 1.32. The zero-order chi connectivity index (χ0) is 10.6. The zero-order valence-corrected chi connectivity index (χ0v) is 7.91. The van der Waals surface area contributed by atoms with Gasteiger partial charge in [0.25, 0.3) is 0 Å². The number of hydrogen-bond acceptors (Lipinski definition) is 5. The van der Waals surface area contributed by atoms with Crippen LogP contribution in [0.2, 0.25) is 0 Å². The van der Waals surface area contributed by atoms with Gasteiger partial charge in [0.15, 0.2) is 6.10 Å². The standard InChI is InChI=1S/C7H11N3O4/c1-12-4-3-14-6(7(11)13-2)5(4)9-10-8/h4-6H,3H2,1-2H3/t4-,5-,6-/m1/s1. The maximum absolute atomic E-state index is 11.2. The summed E-state index contributed by atoms with van der Waals surface area (Å²) in [6, 6.07) is -0.655. The second-order valence-corrected chi connectivity index (χ2v) is 2.75. The highest BCUT2D eigenvalue weighted by molar-refractivity contribution is 5.76. The molecule has 1 aliphatic heterocycles. The molecule has 78 valence electrons. The molecule has 0 radical (unpaired) electrons. The molecule has 0 spiro atoms. The Hall–Kier alpha value is -1.30. The maximum atomic E-state index is 11.2. The van der Waals surface area contributed by atoms with Crippen LogP contribution in [-0.2, 0) is 19.0 Å². The van der Waals surface area contributed by atoms with Gasteiger partial charge in [-0.2, -0.15) is 0 Å². The van der Waals surface area contributed by atoms with Crippen molar-refractivity contribution in [2.45, 2.75) is 18.2 Å². The third kappa shape index (κ3) is 1.95. The fourth-order valence-corrected chi connectivity index (χ4v) is 1.32. The average Bonchev–Trinajstić information content (AvgIpc) is 2.60. The summed E-state index contributed by atoms with van der Waals surface area (Å²) in [5.74, 6) is -0.554. The topological polar surface area (TPSA) is 93.5 Å². The van der Waals surface area contributed by atoms with E-state index in [4.69, 9.17) is 15.0 Å². The van der Waals surface area contributed by atoms with E-state index in [9.17, 15) is 4.79 Å². The van der Waals surface area contributed by atoms with E-state index in [1.807, 2.05) is 0 Å². The lowest BCUT2D eigenvalue weighted by Crippen LogP contribution is -2.35. The van der Waals surface area contributed by atoms with Gasteiger partial charge in [0.2, 0.25) is 0 Å². The van der Waals surface area contributed by atoms with E-state index in [0.29, 0.717) is 0 Å². The third-order valence-corrected chi connectivity index (χ3v) is 2.05. The Labute approximate surface area is 80.6 Å². The summed E-state index contributed by atoms with van der Waals surface area (Å²) < 4.78 is 14.6. The Morgan fingerprint density at radius 3 is 2.86 bits per heavy atom. The summed E-state index contributed by atoms with van der Waals surface area (Å²) in [4.78, 5) is 13.8. The van der Waals surface area contributed by atoms with Gasteiger partial charge < -0.3 is 14.2 Å². The first kappa shape index (κ1) is 10.8. The van der Waals surface area contributed by atoms with Crippen LogP contribution in [0.5, 0.6) is 0 Å². The van der Waals surface area contributed by atoms with E-state index < -0.39 is 24.2 Å². The monoisotopic (exact) mass is 201 g/mol. The second kappa shape index (κ2) is 4.80. The van der Waals surface area contributed by atoms with E-state index in [1.165, 1.54) is 14.2 Å². The van der Waals surface area contributed by atoms with Crippen molar-refractivity contribution in [1.29, 1.82) is 0 Å². The highest BCUT2D eigenvalue weighted by Crippen LogP contribution is 2.21. The number of rotatable bonds is 3. The van der Waals surface area contributed by atoms with Crippen LogP contribution in [0.4, 0.5) is 0 Å². The molecular formula is C7H11N3O4. The highest BCUT2D eigenvalue weighted by Gasteiger charge is 2.42. The third-order valence-electron chi connectivity index (χ3n) is 2.05. The molecule has 0 aliphatic carbocycles. The van der Waals surface area contributed by atoms with Gasteiger partial charge in [-0.15, -0.1) is 0 Å². The van der Waals surface area contributed by atoms with Crippen molar-refractivity contribution in [2.75, 3.05) is 20.8 Å². The van der Waals surface area contributed by atoms with Gasteiger partial charge in [-0.3, -0.25) is 0 Å². The van der Waals surface area contributed by atoms with Gasteiger partial charge in [0.1, 0.15) is 6.04 Å². The van der Waals surface area contributed by atoms with Gasteiger partial charge in [-0.25, -0.2) is 4.79 Å². The molecule has 0 aromatic carbocycles. The van der Waals surface area contributed by atoms with Crippen molar-refractivity contribution >= 4 is 5.97 Å². The molecule has 3 atom stereocenters. The highest BCUT2D eigenvalue weighted by atomic mass is 16.6. The number of carbonyl (C=O) groups excluding carboxylic acids is 1. The molecule has 0 unspecified atom stereocenters. The van der Waals surface area contributed by atoms with Gasteiger partial charge in [0, 0.05) is 12.0 Å². The van der Waals surface area contributed by atoms with Crippen LogP contribution in [0.3, 0.4) is 0 Å². The molecule has 0 bridgehead atoms. The summed E-state index contributed by atoms with van der Waals surface area (Å²) in [6.07, 6.45) is -1.25. The van der Waals surface area contributed by atoms with Crippen molar-refractivity contribution in [2.24, 2.45) is 5.11 Å². The van der Waals surface area contributed by atoms with Crippen molar-refractivity contribution < 1.29 is 19.0 Å². The SMILES string of the molecule is COC(=O)[C@@H]1OC[C@@H](OC)[C@H]1N=[N+]=[N-]. The molecule has 1 aliphatic rings. The van der Waals surface area contributed by atoms with Gasteiger partial charge in [-0.1, -0.05) is 5.11 Å². The van der Waals surface area contributed by atoms with Crippen LogP contribution in [0, 0.1) is 0 Å². The number of esters is 1. The molecule has 1 rings (SSSR count). The summed E-state index contributed by atoms with van der Waals surface area (Å²) >= 11 is 0. The van der Waals surface area contributed by atoms with Crippen LogP contribution in [0.1, 0.15) is 0 Å². The number of hydrogen-bond donors (Lipinski definition) is 0. The van der Waals surface area contributed by atoms with Crippen LogP contribution in [0.25, 0.3) is 10.4 Å². The van der Waals surface area contributed by atoms with Crippen molar-refractivity contribution in [1.82, 2.24) is 0 Å². The Bertz CT molecular complexity index is 264. The predicted octanol–water partition coefficient (Wildman–Crippen LogP) is 0.252. The van der Waals surface area contributed by atoms with E-state index in [-0.39, 0.29) is 6.61 Å². The molecule has 1 fully saturated rings. The summed E-state index contributed by atoms with van der Waals surface area (Å²) in [6.45, 7) is 0.222. The minimum absolute atomic E-state index is 0.222. The molecular weight excluding hydrogens is 190 g/mol. The Balaban J connectivity index is 2.77. The van der Waals surface area contributed by atoms with Crippen LogP contribution < -0.4 is 0 Å². The summed E-state index contributed by atoms with van der Waals surface area (Å²) in [5.41, 5.74) is 8.31. The predicted molar refractivity (Wildman–Crippen MR) is 45.5 cm³/mol. The molecule has 1 saturated heterocycles. The molecule has 0 aromatic heterocycles. The summed E-state index contributed by atoms with van der Waals surface area (Å²) in [7, 11) is 2.71. The molecule has 0 saturated carbocycles. The van der Waals surface area contributed by atoms with E-state index >= 15 is 0 Å². The molecule has 7 heteroatoms. The van der Waals surface area contributed by atoms with Crippen molar-refractivity contribution in [3.63, 3.8) is 0 Å². The number of azide groups is 1. The molecule has 14 heavy (non-hydrogen) atoms. The van der Waals surface area contributed by atoms with Gasteiger partial charge in [-0.05, 0) is 5.53 Å². The molecule has 7 nitrogen and oxygen atoms in total. The molecule has 0 amide bonds. The minimum Gasteiger partial charge on any atom is -0.467 e. The minimum atomic E-state index is -0.860. The second-order valence-electron chi connectivity index (χ2n) is 2.75. The normalized spacial score (nSPS) is 30.9. The average molecular weight is 201 g/mol. The molecule has 0 N–H and O–H groups in total. The first-order chi connectivity index (χ1) is 6.74. The first-order valence-corrected chi connectivity index (χ1v) is 4.01. The van der Waals surface area contributed by atoms with E-state index in [2.05, 4.69) is 14.8 Å². The Morgan fingerprint density at radius 2 is 2.36 bits per heavy atom. The summed E-state index contributed by atoms with van der Waals surface area (Å²) in [5, 5.41) is 3.46. The number of ether oxygens (including phenoxy) is 3. The lowest BCUT2D eigenvalue weighted by Gasteiger charge is -2.14.